The summed E-state index contributed by atoms with van der Waals surface area (Å²) in [7, 11) is -3.44. The predicted octanol–water partition coefficient (Wildman–Crippen LogP) is 1.99. The molecule has 0 aromatic carbocycles. The maximum atomic E-state index is 13.2. The van der Waals surface area contributed by atoms with Crippen LogP contribution in [0.1, 0.15) is 50.4 Å². The molecule has 0 unspecified atom stereocenters. The van der Waals surface area contributed by atoms with Crippen LogP contribution in [0.3, 0.4) is 0 Å². The highest BCUT2D eigenvalue weighted by Gasteiger charge is 2.40. The lowest BCUT2D eigenvalue weighted by molar-refractivity contribution is 0.323. The van der Waals surface area contributed by atoms with E-state index in [9.17, 15) is 8.42 Å². The van der Waals surface area contributed by atoms with E-state index < -0.39 is 10.2 Å². The van der Waals surface area contributed by atoms with Gasteiger partial charge in [-0.15, -0.1) is 10.2 Å². The van der Waals surface area contributed by atoms with Crippen molar-refractivity contribution in [3.63, 3.8) is 0 Å². The van der Waals surface area contributed by atoms with Crippen LogP contribution in [0.15, 0.2) is 24.4 Å². The summed E-state index contributed by atoms with van der Waals surface area (Å²) in [5.41, 5.74) is 0.756. The summed E-state index contributed by atoms with van der Waals surface area (Å²) in [6.07, 6.45) is 7.69. The number of hydrogen-bond acceptors (Lipinski definition) is 4. The molecule has 2 saturated heterocycles. The van der Waals surface area contributed by atoms with E-state index in [1.807, 2.05) is 28.8 Å². The third-order valence-electron chi connectivity index (χ3n) is 5.03. The van der Waals surface area contributed by atoms with Crippen LogP contribution in [-0.2, 0) is 10.2 Å². The van der Waals surface area contributed by atoms with Crippen LogP contribution in [-0.4, -0.2) is 51.3 Å². The maximum absolute atomic E-state index is 13.2. The van der Waals surface area contributed by atoms with Crippen molar-refractivity contribution in [2.45, 2.75) is 44.6 Å². The van der Waals surface area contributed by atoms with Gasteiger partial charge in [0.15, 0.2) is 11.5 Å². The quantitative estimate of drug-likeness (QED) is 0.850. The molecule has 0 aliphatic carbocycles. The third kappa shape index (κ3) is 2.72. The monoisotopic (exact) mass is 349 g/mol. The van der Waals surface area contributed by atoms with Crippen molar-refractivity contribution in [2.24, 2.45) is 0 Å². The first-order valence-corrected chi connectivity index (χ1v) is 10.1. The van der Waals surface area contributed by atoms with Crippen LogP contribution < -0.4 is 0 Å². The Bertz CT molecular complexity index is 811. The number of pyridine rings is 1. The zero-order chi connectivity index (χ0) is 16.6. The maximum Gasteiger partial charge on any atom is 0.282 e. The van der Waals surface area contributed by atoms with Crippen molar-refractivity contribution in [1.29, 1.82) is 0 Å². The number of nitrogens with zero attached hydrogens (tertiary/aromatic N) is 5. The fourth-order valence-corrected chi connectivity index (χ4v) is 5.68. The lowest BCUT2D eigenvalue weighted by atomic mass is 10.2. The molecule has 130 valence electrons. The Morgan fingerprint density at radius 3 is 2.54 bits per heavy atom. The second kappa shape index (κ2) is 6.42. The Balaban J connectivity index is 1.67. The van der Waals surface area contributed by atoms with Gasteiger partial charge in [0.25, 0.3) is 10.2 Å². The fourth-order valence-electron chi connectivity index (χ4n) is 3.78. The molecule has 0 bridgehead atoms. The van der Waals surface area contributed by atoms with Gasteiger partial charge >= 0.3 is 0 Å². The zero-order valence-electron chi connectivity index (χ0n) is 13.7. The molecule has 0 spiro atoms. The van der Waals surface area contributed by atoms with Gasteiger partial charge in [0.05, 0.1) is 6.04 Å². The van der Waals surface area contributed by atoms with Crippen molar-refractivity contribution < 1.29 is 8.42 Å². The Labute approximate surface area is 142 Å². The van der Waals surface area contributed by atoms with E-state index in [0.29, 0.717) is 19.6 Å². The molecule has 8 heteroatoms. The van der Waals surface area contributed by atoms with Crippen LogP contribution in [0.25, 0.3) is 5.65 Å². The van der Waals surface area contributed by atoms with Crippen molar-refractivity contribution in [2.75, 3.05) is 19.6 Å². The summed E-state index contributed by atoms with van der Waals surface area (Å²) in [5, 5.41) is 8.48. The molecule has 4 heterocycles. The molecule has 0 radical (unpaired) electrons. The number of aromatic nitrogens is 3. The topological polar surface area (TPSA) is 70.8 Å². The highest BCUT2D eigenvalue weighted by molar-refractivity contribution is 7.86. The fraction of sp³-hybridized carbons (Fsp3) is 0.625. The summed E-state index contributed by atoms with van der Waals surface area (Å²) >= 11 is 0. The molecular weight excluding hydrogens is 326 g/mol. The minimum atomic E-state index is -3.44. The van der Waals surface area contributed by atoms with Gasteiger partial charge in [-0.25, -0.2) is 0 Å². The largest absolute Gasteiger partial charge is 0.285 e. The molecule has 1 atom stereocenters. The predicted molar refractivity (Wildman–Crippen MR) is 90.6 cm³/mol. The zero-order valence-corrected chi connectivity index (χ0v) is 14.5. The molecule has 2 aromatic rings. The van der Waals surface area contributed by atoms with Crippen LogP contribution in [0.2, 0.25) is 0 Å². The van der Waals surface area contributed by atoms with Gasteiger partial charge in [0.1, 0.15) is 0 Å². The molecular formula is C16H23N5O2S. The summed E-state index contributed by atoms with van der Waals surface area (Å²) in [6, 6.07) is 5.49. The number of hydrogen-bond donors (Lipinski definition) is 0. The van der Waals surface area contributed by atoms with Gasteiger partial charge in [0.2, 0.25) is 0 Å². The van der Waals surface area contributed by atoms with E-state index in [4.69, 9.17) is 0 Å². The van der Waals surface area contributed by atoms with Gasteiger partial charge in [-0.05, 0) is 37.8 Å². The molecule has 24 heavy (non-hydrogen) atoms. The molecule has 0 saturated carbocycles. The molecule has 0 N–H and O–H groups in total. The van der Waals surface area contributed by atoms with Crippen LogP contribution in [0.4, 0.5) is 0 Å². The van der Waals surface area contributed by atoms with Crippen molar-refractivity contribution in [3.05, 3.63) is 30.2 Å². The smallest absolute Gasteiger partial charge is 0.282 e. The van der Waals surface area contributed by atoms with Gasteiger partial charge < -0.3 is 0 Å². The highest BCUT2D eigenvalue weighted by atomic mass is 32.2. The Morgan fingerprint density at radius 1 is 0.958 bits per heavy atom. The van der Waals surface area contributed by atoms with E-state index >= 15 is 0 Å². The van der Waals surface area contributed by atoms with Gasteiger partial charge in [-0.2, -0.15) is 17.0 Å². The van der Waals surface area contributed by atoms with E-state index in [-0.39, 0.29) is 6.04 Å². The number of rotatable bonds is 3. The Kier molecular flexibility index (Phi) is 4.28. The standard InChI is InChI=1S/C16H23N5O2S/c22-24(23,19-10-4-1-2-5-11-19)21-13-7-8-14(21)16-18-17-15-9-3-6-12-20(15)16/h3,6,9,12,14H,1-2,4-5,7-8,10-11,13H2/t14-/m0/s1. The third-order valence-corrected chi connectivity index (χ3v) is 7.08. The van der Waals surface area contributed by atoms with Crippen LogP contribution in [0.5, 0.6) is 0 Å². The average Bonchev–Trinajstić information content (AvgIpc) is 3.13. The Morgan fingerprint density at radius 2 is 1.75 bits per heavy atom. The lowest BCUT2D eigenvalue weighted by Crippen LogP contribution is -2.44. The van der Waals surface area contributed by atoms with Crippen molar-refractivity contribution in [3.8, 4) is 0 Å². The first-order valence-electron chi connectivity index (χ1n) is 8.74. The molecule has 0 amide bonds. The SMILES string of the molecule is O=S(=O)(N1CCCCCC1)N1CCC[C@H]1c1nnc2ccccn12. The lowest BCUT2D eigenvalue weighted by Gasteiger charge is -2.29. The average molecular weight is 349 g/mol. The molecule has 4 rings (SSSR count). The minimum absolute atomic E-state index is 0.226. The normalized spacial score (nSPS) is 24.4. The molecule has 7 nitrogen and oxygen atoms in total. The molecule has 2 fully saturated rings. The summed E-state index contributed by atoms with van der Waals surface area (Å²) in [6.45, 7) is 1.82. The van der Waals surface area contributed by atoms with Gasteiger partial charge in [0, 0.05) is 25.8 Å². The van der Waals surface area contributed by atoms with E-state index in [1.165, 1.54) is 0 Å². The Hall–Kier alpha value is -1.51. The van der Waals surface area contributed by atoms with E-state index in [0.717, 1.165) is 50.0 Å². The van der Waals surface area contributed by atoms with Crippen LogP contribution in [0, 0.1) is 0 Å². The van der Waals surface area contributed by atoms with Crippen molar-refractivity contribution in [1.82, 2.24) is 23.2 Å². The van der Waals surface area contributed by atoms with E-state index in [2.05, 4.69) is 10.2 Å². The summed E-state index contributed by atoms with van der Waals surface area (Å²) < 4.78 is 31.6. The second-order valence-corrected chi connectivity index (χ2v) is 8.46. The highest BCUT2D eigenvalue weighted by Crippen LogP contribution is 2.35. The molecule has 2 aromatic heterocycles. The molecule has 2 aliphatic heterocycles. The summed E-state index contributed by atoms with van der Waals surface area (Å²) in [5.74, 6) is 0.724. The van der Waals surface area contributed by atoms with E-state index in [1.54, 1.807) is 8.61 Å². The van der Waals surface area contributed by atoms with Gasteiger partial charge in [-0.1, -0.05) is 18.9 Å². The first-order chi connectivity index (χ1) is 11.7. The van der Waals surface area contributed by atoms with Crippen LogP contribution >= 0.6 is 0 Å². The van der Waals surface area contributed by atoms with Crippen molar-refractivity contribution >= 4 is 15.9 Å². The van der Waals surface area contributed by atoms with Gasteiger partial charge in [-0.3, -0.25) is 4.40 Å². The minimum Gasteiger partial charge on any atom is -0.285 e. The summed E-state index contributed by atoms with van der Waals surface area (Å²) in [4.78, 5) is 0. The second-order valence-electron chi connectivity index (χ2n) is 6.58. The number of fused-ring (bicyclic) bond motifs is 1. The first kappa shape index (κ1) is 16.0. The molecule has 2 aliphatic rings.